The molecule has 0 aromatic heterocycles. The number of sulfonamides is 1. The standard InChI is InChI=1S/C23H38BN3O6S/c1-15-16(2)21(17(3)18-11-12-23(4,5)33-20(15)18)34(30,31)26-13-9-8-10-19(25-14-24-29)22(28)27(6)32-7/h19,25-26H,8-14H2,1-7H3. The first-order chi connectivity index (χ1) is 15.9. The molecule has 0 fully saturated rings. The molecule has 11 heteroatoms. The van der Waals surface area contributed by atoms with Crippen LogP contribution in [0.5, 0.6) is 5.75 Å². The third-order valence-electron chi connectivity index (χ3n) is 6.48. The molecule has 1 amide bonds. The summed E-state index contributed by atoms with van der Waals surface area (Å²) in [6.45, 7) is 9.93. The van der Waals surface area contributed by atoms with E-state index >= 15 is 0 Å². The van der Waals surface area contributed by atoms with Gasteiger partial charge in [-0.2, -0.15) is 0 Å². The Labute approximate surface area is 204 Å². The molecule has 0 aliphatic carbocycles. The number of carbonyl (C=O) groups excluding carboxylic acids is 1. The number of benzene rings is 1. The van der Waals surface area contributed by atoms with Crippen LogP contribution < -0.4 is 14.8 Å². The summed E-state index contributed by atoms with van der Waals surface area (Å²) in [4.78, 5) is 17.6. The number of hydrogen-bond donors (Lipinski definition) is 2. The first-order valence-corrected chi connectivity index (χ1v) is 13.1. The molecular weight excluding hydrogens is 457 g/mol. The summed E-state index contributed by atoms with van der Waals surface area (Å²) in [5.74, 6) is 0.524. The Morgan fingerprint density at radius 2 is 1.88 bits per heavy atom. The van der Waals surface area contributed by atoms with Crippen LogP contribution in [0.4, 0.5) is 0 Å². The minimum atomic E-state index is -3.72. The number of nitrogens with zero attached hydrogens (tertiary/aromatic N) is 1. The predicted molar refractivity (Wildman–Crippen MR) is 131 cm³/mol. The van der Waals surface area contributed by atoms with E-state index in [-0.39, 0.29) is 24.5 Å². The van der Waals surface area contributed by atoms with Crippen molar-refractivity contribution in [3.8, 4) is 5.75 Å². The third kappa shape index (κ3) is 6.65. The van der Waals surface area contributed by atoms with E-state index in [1.807, 2.05) is 34.6 Å². The summed E-state index contributed by atoms with van der Waals surface area (Å²) in [6, 6.07) is -0.580. The Balaban J connectivity index is 2.06. The van der Waals surface area contributed by atoms with Crippen molar-refractivity contribution in [2.75, 3.05) is 27.1 Å². The van der Waals surface area contributed by atoms with Gasteiger partial charge in [0.15, 0.2) is 0 Å². The first kappa shape index (κ1) is 28.4. The molecule has 1 aromatic rings. The van der Waals surface area contributed by atoms with E-state index < -0.39 is 16.1 Å². The van der Waals surface area contributed by atoms with E-state index in [1.165, 1.54) is 14.2 Å². The number of hydroxylamine groups is 2. The van der Waals surface area contributed by atoms with Gasteiger partial charge in [-0.25, -0.2) is 0 Å². The van der Waals surface area contributed by atoms with E-state index in [2.05, 4.69) is 10.0 Å². The maximum absolute atomic E-state index is 13.2. The summed E-state index contributed by atoms with van der Waals surface area (Å²) in [7, 11) is -0.130. The molecule has 1 heterocycles. The van der Waals surface area contributed by atoms with Crippen LogP contribution in [-0.4, -0.2) is 65.3 Å². The average molecular weight is 495 g/mol. The number of hydrogen-bond acceptors (Lipinski definition) is 7. The van der Waals surface area contributed by atoms with Gasteiger partial charge in [-0.1, -0.05) is 0 Å². The van der Waals surface area contributed by atoms with Gasteiger partial charge in [0.2, 0.25) is 0 Å². The molecule has 1 aliphatic heterocycles. The van der Waals surface area contributed by atoms with E-state index in [9.17, 15) is 17.9 Å². The van der Waals surface area contributed by atoms with Crippen LogP contribution in [0.3, 0.4) is 0 Å². The van der Waals surface area contributed by atoms with Crippen LogP contribution in [0, 0.1) is 20.8 Å². The Bertz CT molecular complexity index is 1010. The van der Waals surface area contributed by atoms with Gasteiger partial charge < -0.3 is 4.74 Å². The Morgan fingerprint density at radius 3 is 2.50 bits per heavy atom. The van der Waals surface area contributed by atoms with Crippen molar-refractivity contribution in [1.29, 1.82) is 0 Å². The zero-order chi connectivity index (χ0) is 25.7. The molecule has 0 spiro atoms. The van der Waals surface area contributed by atoms with Crippen molar-refractivity contribution >= 4 is 23.1 Å². The SMILES string of the molecule is CON(C)C(=O)C(CCCCNS(=O)(=O)c1c(C)c(C)c2c(c1C)CCC(C)(C)O2)NCB=O. The number of unbranched alkanes of at least 4 members (excludes halogenated alkanes) is 1. The number of carbonyl (C=O) groups is 1. The Kier molecular flexibility index (Phi) is 9.82. The maximum atomic E-state index is 13.2. The van der Waals surface area contributed by atoms with Crippen molar-refractivity contribution in [1.82, 2.24) is 15.1 Å². The summed E-state index contributed by atoms with van der Waals surface area (Å²) < 4.78 is 46.1. The van der Waals surface area contributed by atoms with E-state index in [1.54, 1.807) is 0 Å². The summed E-state index contributed by atoms with van der Waals surface area (Å²) in [6.07, 6.45) is 3.24. The van der Waals surface area contributed by atoms with E-state index in [0.29, 0.717) is 36.9 Å². The molecule has 9 nitrogen and oxygen atoms in total. The number of likely N-dealkylation sites (N-methyl/N-ethyl adjacent to an activating group) is 1. The summed E-state index contributed by atoms with van der Waals surface area (Å²) >= 11 is 0. The molecule has 190 valence electrons. The van der Waals surface area contributed by atoms with E-state index in [4.69, 9.17) is 9.57 Å². The van der Waals surface area contributed by atoms with Crippen molar-refractivity contribution in [3.05, 3.63) is 22.3 Å². The van der Waals surface area contributed by atoms with Crippen LogP contribution in [0.25, 0.3) is 0 Å². The minimum absolute atomic E-state index is 0.0533. The van der Waals surface area contributed by atoms with Gasteiger partial charge >= 0.3 is 154 Å². The predicted octanol–water partition coefficient (Wildman–Crippen LogP) is 2.15. The quantitative estimate of drug-likeness (QED) is 0.260. The zero-order valence-corrected chi connectivity index (χ0v) is 22.2. The monoisotopic (exact) mass is 495 g/mol. The van der Waals surface area contributed by atoms with Crippen LogP contribution in [0.1, 0.15) is 61.8 Å². The normalized spacial score (nSPS) is 15.7. The topological polar surface area (TPSA) is 114 Å². The number of nitrogens with one attached hydrogen (secondary N) is 2. The zero-order valence-electron chi connectivity index (χ0n) is 21.4. The second-order valence-corrected chi connectivity index (χ2v) is 11.1. The molecule has 2 rings (SSSR count). The molecule has 1 aromatic carbocycles. The van der Waals surface area contributed by atoms with Gasteiger partial charge in [0.25, 0.3) is 0 Å². The number of amides is 1. The van der Waals surface area contributed by atoms with Gasteiger partial charge in [-0.3, -0.25) is 0 Å². The summed E-state index contributed by atoms with van der Waals surface area (Å²) in [5.41, 5.74) is 3.00. The first-order valence-electron chi connectivity index (χ1n) is 11.7. The van der Waals surface area contributed by atoms with Crippen molar-refractivity contribution in [2.45, 2.75) is 83.3 Å². The fraction of sp³-hybridized carbons (Fsp3) is 0.696. The Morgan fingerprint density at radius 1 is 1.21 bits per heavy atom. The molecule has 0 saturated carbocycles. The van der Waals surface area contributed by atoms with Gasteiger partial charge in [0.1, 0.15) is 11.4 Å². The van der Waals surface area contributed by atoms with Crippen molar-refractivity contribution in [2.24, 2.45) is 0 Å². The average Bonchev–Trinajstić information content (AvgIpc) is 2.77. The molecule has 1 aliphatic rings. The van der Waals surface area contributed by atoms with Crippen molar-refractivity contribution < 1.29 is 27.5 Å². The van der Waals surface area contributed by atoms with Crippen LogP contribution in [0.2, 0.25) is 0 Å². The summed E-state index contributed by atoms with van der Waals surface area (Å²) in [5, 5.41) is 3.99. The molecule has 0 radical (unpaired) electrons. The van der Waals surface area contributed by atoms with Gasteiger partial charge in [-0.15, -0.1) is 0 Å². The number of ether oxygens (including phenoxy) is 1. The fourth-order valence-corrected chi connectivity index (χ4v) is 5.96. The van der Waals surface area contributed by atoms with Crippen molar-refractivity contribution in [3.63, 3.8) is 0 Å². The second kappa shape index (κ2) is 11.7. The van der Waals surface area contributed by atoms with Gasteiger partial charge in [0, 0.05) is 0 Å². The molecule has 34 heavy (non-hydrogen) atoms. The molecule has 0 bridgehead atoms. The van der Waals surface area contributed by atoms with Crippen LogP contribution in [-0.2, 0) is 30.8 Å². The fourth-order valence-electron chi connectivity index (χ4n) is 4.32. The third-order valence-corrected chi connectivity index (χ3v) is 8.21. The molecular formula is C23H38BN3O6S. The van der Waals surface area contributed by atoms with Crippen LogP contribution >= 0.6 is 0 Å². The molecule has 1 atom stereocenters. The number of rotatable bonds is 12. The van der Waals surface area contributed by atoms with Crippen LogP contribution in [0.15, 0.2) is 4.90 Å². The molecule has 0 saturated heterocycles. The molecule has 2 N–H and O–H groups in total. The number of fused-ring (bicyclic) bond motifs is 1. The molecule has 1 unspecified atom stereocenters. The van der Waals surface area contributed by atoms with Gasteiger partial charge in [-0.05, 0) is 33.6 Å². The second-order valence-electron chi connectivity index (χ2n) is 9.41. The van der Waals surface area contributed by atoms with E-state index in [0.717, 1.165) is 40.3 Å². The Hall–Kier alpha value is -1.82. The van der Waals surface area contributed by atoms with Gasteiger partial charge in [0.05, 0.1) is 0 Å².